The van der Waals surface area contributed by atoms with Crippen LogP contribution in [0.1, 0.15) is 30.9 Å². The van der Waals surface area contributed by atoms with Crippen molar-refractivity contribution in [3.8, 4) is 0 Å². The maximum atomic E-state index is 12.4. The summed E-state index contributed by atoms with van der Waals surface area (Å²) in [5.74, 6) is 0. The molecular weight excluding hydrogens is 215 g/mol. The molecule has 0 spiro atoms. The second kappa shape index (κ2) is 3.77. The van der Waals surface area contributed by atoms with Crippen molar-refractivity contribution in [1.29, 1.82) is 0 Å². The van der Waals surface area contributed by atoms with Crippen molar-refractivity contribution in [3.05, 3.63) is 35.4 Å². The smallest absolute Gasteiger partial charge is 0.307 e. The van der Waals surface area contributed by atoms with Crippen LogP contribution in [-0.4, -0.2) is 5.54 Å². The maximum absolute atomic E-state index is 12.4. The monoisotopic (exact) mass is 229 g/mol. The zero-order valence-electron chi connectivity index (χ0n) is 9.06. The highest BCUT2D eigenvalue weighted by atomic mass is 19.4. The predicted octanol–water partition coefficient (Wildman–Crippen LogP) is 3.35. The first-order chi connectivity index (χ1) is 7.39. The fourth-order valence-electron chi connectivity index (χ4n) is 1.54. The van der Waals surface area contributed by atoms with Crippen molar-refractivity contribution < 1.29 is 13.2 Å². The Kier molecular flexibility index (Phi) is 2.70. The van der Waals surface area contributed by atoms with Gasteiger partial charge in [-0.05, 0) is 31.4 Å². The van der Waals surface area contributed by atoms with E-state index >= 15 is 0 Å². The van der Waals surface area contributed by atoms with Crippen LogP contribution in [0.3, 0.4) is 0 Å². The van der Waals surface area contributed by atoms with Gasteiger partial charge >= 0.3 is 6.18 Å². The van der Waals surface area contributed by atoms with E-state index in [0.29, 0.717) is 12.1 Å². The summed E-state index contributed by atoms with van der Waals surface area (Å²) in [6.07, 6.45) is -2.04. The molecule has 1 aliphatic rings. The summed E-state index contributed by atoms with van der Waals surface area (Å²) in [4.78, 5) is 0. The normalized spacial score (nSPS) is 18.5. The van der Waals surface area contributed by atoms with Crippen molar-refractivity contribution in [2.75, 3.05) is 0 Å². The Bertz CT molecular complexity index is 380. The summed E-state index contributed by atoms with van der Waals surface area (Å²) >= 11 is 0. The first-order valence-corrected chi connectivity index (χ1v) is 5.30. The molecule has 0 bridgehead atoms. The molecular formula is C12H14F3N. The van der Waals surface area contributed by atoms with Gasteiger partial charge in [-0.3, -0.25) is 0 Å². The molecule has 0 aromatic heterocycles. The Balaban J connectivity index is 2.04. The summed E-state index contributed by atoms with van der Waals surface area (Å²) in [5.41, 5.74) is 0.254. The van der Waals surface area contributed by atoms with Crippen molar-refractivity contribution in [1.82, 2.24) is 5.32 Å². The van der Waals surface area contributed by atoms with E-state index in [1.807, 2.05) is 0 Å². The van der Waals surface area contributed by atoms with E-state index in [1.165, 1.54) is 12.1 Å². The van der Waals surface area contributed by atoms with Gasteiger partial charge in [-0.15, -0.1) is 0 Å². The van der Waals surface area contributed by atoms with Crippen LogP contribution in [0.5, 0.6) is 0 Å². The number of halogens is 3. The van der Waals surface area contributed by atoms with Gasteiger partial charge in [-0.2, -0.15) is 13.2 Å². The van der Waals surface area contributed by atoms with Crippen LogP contribution in [0.4, 0.5) is 13.2 Å². The second-order valence-corrected chi connectivity index (χ2v) is 4.61. The SMILES string of the molecule is CC1(NCc2cccc(C(F)(F)F)c2)CC1. The van der Waals surface area contributed by atoms with E-state index in [1.54, 1.807) is 6.07 Å². The molecule has 16 heavy (non-hydrogen) atoms. The summed E-state index contributed by atoms with van der Waals surface area (Å²) in [7, 11) is 0. The van der Waals surface area contributed by atoms with Crippen LogP contribution in [0, 0.1) is 0 Å². The number of benzene rings is 1. The summed E-state index contributed by atoms with van der Waals surface area (Å²) in [6.45, 7) is 2.58. The van der Waals surface area contributed by atoms with E-state index in [4.69, 9.17) is 0 Å². The third-order valence-electron chi connectivity index (χ3n) is 2.97. The largest absolute Gasteiger partial charge is 0.416 e. The van der Waals surface area contributed by atoms with E-state index in [0.717, 1.165) is 18.9 Å². The third-order valence-corrected chi connectivity index (χ3v) is 2.97. The Morgan fingerprint density at radius 2 is 2.00 bits per heavy atom. The average Bonchev–Trinajstić information content (AvgIpc) is 2.94. The lowest BCUT2D eigenvalue weighted by atomic mass is 10.1. The highest BCUT2D eigenvalue weighted by Crippen LogP contribution is 2.35. The van der Waals surface area contributed by atoms with Gasteiger partial charge < -0.3 is 5.32 Å². The first-order valence-electron chi connectivity index (χ1n) is 5.30. The number of alkyl halides is 3. The minimum Gasteiger partial charge on any atom is -0.307 e. The third kappa shape index (κ3) is 2.76. The number of nitrogens with one attached hydrogen (secondary N) is 1. The van der Waals surface area contributed by atoms with Gasteiger partial charge in [0.1, 0.15) is 0 Å². The molecule has 1 aromatic rings. The van der Waals surface area contributed by atoms with Crippen LogP contribution in [0.15, 0.2) is 24.3 Å². The van der Waals surface area contributed by atoms with Crippen LogP contribution in [0.25, 0.3) is 0 Å². The molecule has 1 saturated carbocycles. The van der Waals surface area contributed by atoms with Crippen LogP contribution in [0.2, 0.25) is 0 Å². The standard InChI is InChI=1S/C12H14F3N/c1-11(5-6-11)16-8-9-3-2-4-10(7-9)12(13,14)15/h2-4,7,16H,5-6,8H2,1H3. The minimum atomic E-state index is -4.25. The molecule has 0 saturated heterocycles. The predicted molar refractivity (Wildman–Crippen MR) is 55.9 cm³/mol. The Hall–Kier alpha value is -1.03. The summed E-state index contributed by atoms with van der Waals surface area (Å²) < 4.78 is 37.3. The zero-order valence-corrected chi connectivity index (χ0v) is 9.06. The van der Waals surface area contributed by atoms with E-state index in [9.17, 15) is 13.2 Å². The molecule has 1 aliphatic carbocycles. The van der Waals surface area contributed by atoms with E-state index in [2.05, 4.69) is 12.2 Å². The lowest BCUT2D eigenvalue weighted by molar-refractivity contribution is -0.137. The molecule has 0 atom stereocenters. The molecule has 1 aromatic carbocycles. The average molecular weight is 229 g/mol. The minimum absolute atomic E-state index is 0.147. The lowest BCUT2D eigenvalue weighted by Crippen LogP contribution is -2.27. The first kappa shape index (κ1) is 11.5. The van der Waals surface area contributed by atoms with Gasteiger partial charge in [0.25, 0.3) is 0 Å². The Morgan fingerprint density at radius 3 is 2.56 bits per heavy atom. The van der Waals surface area contributed by atoms with Gasteiger partial charge in [0.15, 0.2) is 0 Å². The fraction of sp³-hybridized carbons (Fsp3) is 0.500. The Labute approximate surface area is 92.7 Å². The van der Waals surface area contributed by atoms with Gasteiger partial charge in [-0.25, -0.2) is 0 Å². The molecule has 1 fully saturated rings. The van der Waals surface area contributed by atoms with E-state index < -0.39 is 11.7 Å². The van der Waals surface area contributed by atoms with Crippen LogP contribution < -0.4 is 5.32 Å². The molecule has 0 radical (unpaired) electrons. The topological polar surface area (TPSA) is 12.0 Å². The molecule has 1 N–H and O–H groups in total. The van der Waals surface area contributed by atoms with Crippen LogP contribution in [-0.2, 0) is 12.7 Å². The molecule has 88 valence electrons. The lowest BCUT2D eigenvalue weighted by Gasteiger charge is -2.13. The van der Waals surface area contributed by atoms with Crippen molar-refractivity contribution in [2.45, 2.75) is 38.0 Å². The molecule has 2 rings (SSSR count). The van der Waals surface area contributed by atoms with Gasteiger partial charge in [-0.1, -0.05) is 18.2 Å². The van der Waals surface area contributed by atoms with Gasteiger partial charge in [0.05, 0.1) is 5.56 Å². The van der Waals surface area contributed by atoms with Crippen molar-refractivity contribution >= 4 is 0 Å². The highest BCUT2D eigenvalue weighted by molar-refractivity contribution is 5.25. The maximum Gasteiger partial charge on any atom is 0.416 e. The molecule has 0 heterocycles. The number of rotatable bonds is 3. The molecule has 0 amide bonds. The van der Waals surface area contributed by atoms with E-state index in [-0.39, 0.29) is 5.54 Å². The summed E-state index contributed by atoms with van der Waals surface area (Å²) in [6, 6.07) is 5.48. The summed E-state index contributed by atoms with van der Waals surface area (Å²) in [5, 5.41) is 3.26. The van der Waals surface area contributed by atoms with Gasteiger partial charge in [0.2, 0.25) is 0 Å². The number of hydrogen-bond acceptors (Lipinski definition) is 1. The molecule has 4 heteroatoms. The fourth-order valence-corrected chi connectivity index (χ4v) is 1.54. The van der Waals surface area contributed by atoms with Gasteiger partial charge in [0, 0.05) is 12.1 Å². The molecule has 0 unspecified atom stereocenters. The molecule has 0 aliphatic heterocycles. The van der Waals surface area contributed by atoms with Crippen molar-refractivity contribution in [3.63, 3.8) is 0 Å². The van der Waals surface area contributed by atoms with Crippen molar-refractivity contribution in [2.24, 2.45) is 0 Å². The van der Waals surface area contributed by atoms with Crippen LogP contribution >= 0.6 is 0 Å². The highest BCUT2D eigenvalue weighted by Gasteiger charge is 2.36. The number of hydrogen-bond donors (Lipinski definition) is 1. The molecule has 1 nitrogen and oxygen atoms in total. The zero-order chi connectivity index (χ0) is 11.8. The Morgan fingerprint density at radius 1 is 1.31 bits per heavy atom. The quantitative estimate of drug-likeness (QED) is 0.838. The second-order valence-electron chi connectivity index (χ2n) is 4.61.